The molecule has 0 radical (unpaired) electrons. The highest BCUT2D eigenvalue weighted by Crippen LogP contribution is 2.27. The van der Waals surface area contributed by atoms with Gasteiger partial charge in [-0.2, -0.15) is 0 Å². The van der Waals surface area contributed by atoms with E-state index in [0.717, 1.165) is 17.7 Å². The van der Waals surface area contributed by atoms with Gasteiger partial charge >= 0.3 is 5.97 Å². The fraction of sp³-hybridized carbons (Fsp3) is 0.467. The first kappa shape index (κ1) is 13.0. The lowest BCUT2D eigenvalue weighted by molar-refractivity contribution is -0.149. The number of hydrogen-bond acceptors (Lipinski definition) is 3. The van der Waals surface area contributed by atoms with Gasteiger partial charge in [-0.3, -0.25) is 4.79 Å². The third-order valence-electron chi connectivity index (χ3n) is 4.19. The first-order chi connectivity index (χ1) is 9.66. The Morgan fingerprint density at radius 1 is 1.30 bits per heavy atom. The van der Waals surface area contributed by atoms with Crippen LogP contribution in [0.5, 0.6) is 0 Å². The smallest absolute Gasteiger partial charge is 0.326 e. The van der Waals surface area contributed by atoms with E-state index in [1.807, 2.05) is 24.3 Å². The number of para-hydroxylation sites is 1. The first-order valence-electron chi connectivity index (χ1n) is 7.02. The normalized spacial score (nSPS) is 24.9. The van der Waals surface area contributed by atoms with Gasteiger partial charge in [-0.1, -0.05) is 18.2 Å². The SMILES string of the molecule is O=C(O)[C@@H]1CCCN1C(=O)C1CNc2ccccc2C1. The molecule has 0 aliphatic carbocycles. The highest BCUT2D eigenvalue weighted by molar-refractivity contribution is 5.86. The molecule has 1 amide bonds. The summed E-state index contributed by atoms with van der Waals surface area (Å²) in [4.78, 5) is 25.3. The summed E-state index contributed by atoms with van der Waals surface area (Å²) in [6.07, 6.45) is 2.03. The fourth-order valence-electron chi connectivity index (χ4n) is 3.14. The highest BCUT2D eigenvalue weighted by atomic mass is 16.4. The molecule has 5 nitrogen and oxygen atoms in total. The molecule has 1 saturated heterocycles. The largest absolute Gasteiger partial charge is 0.480 e. The zero-order chi connectivity index (χ0) is 14.1. The van der Waals surface area contributed by atoms with Crippen molar-refractivity contribution >= 4 is 17.6 Å². The van der Waals surface area contributed by atoms with Gasteiger partial charge in [0, 0.05) is 18.8 Å². The van der Waals surface area contributed by atoms with Crippen molar-refractivity contribution in [3.63, 3.8) is 0 Å². The van der Waals surface area contributed by atoms with E-state index < -0.39 is 12.0 Å². The predicted molar refractivity (Wildman–Crippen MR) is 74.5 cm³/mol. The van der Waals surface area contributed by atoms with Gasteiger partial charge in [0.2, 0.25) is 5.91 Å². The molecule has 2 atom stereocenters. The van der Waals surface area contributed by atoms with Crippen LogP contribution in [0.3, 0.4) is 0 Å². The van der Waals surface area contributed by atoms with Crippen LogP contribution in [0, 0.1) is 5.92 Å². The molecule has 2 aliphatic rings. The van der Waals surface area contributed by atoms with Gasteiger partial charge in [-0.05, 0) is 30.9 Å². The molecule has 2 aliphatic heterocycles. The van der Waals surface area contributed by atoms with E-state index in [2.05, 4.69) is 5.32 Å². The van der Waals surface area contributed by atoms with Gasteiger partial charge in [0.25, 0.3) is 0 Å². The Balaban J connectivity index is 1.74. The molecule has 1 aromatic rings. The number of likely N-dealkylation sites (tertiary alicyclic amines) is 1. The van der Waals surface area contributed by atoms with E-state index in [9.17, 15) is 14.7 Å². The van der Waals surface area contributed by atoms with Crippen molar-refractivity contribution < 1.29 is 14.7 Å². The molecule has 3 rings (SSSR count). The van der Waals surface area contributed by atoms with Crippen LogP contribution in [0.4, 0.5) is 5.69 Å². The molecule has 0 spiro atoms. The monoisotopic (exact) mass is 274 g/mol. The van der Waals surface area contributed by atoms with E-state index in [1.165, 1.54) is 0 Å². The summed E-state index contributed by atoms with van der Waals surface area (Å²) in [6, 6.07) is 7.31. The zero-order valence-corrected chi connectivity index (χ0v) is 11.2. The van der Waals surface area contributed by atoms with Crippen molar-refractivity contribution in [1.82, 2.24) is 4.90 Å². The number of carboxylic acids is 1. The molecule has 0 bridgehead atoms. The quantitative estimate of drug-likeness (QED) is 0.854. The lowest BCUT2D eigenvalue weighted by atomic mass is 9.92. The Morgan fingerprint density at radius 2 is 2.10 bits per heavy atom. The van der Waals surface area contributed by atoms with E-state index in [4.69, 9.17) is 0 Å². The molecule has 0 saturated carbocycles. The molecule has 106 valence electrons. The second-order valence-corrected chi connectivity index (χ2v) is 5.47. The lowest BCUT2D eigenvalue weighted by Crippen LogP contribution is -2.46. The van der Waals surface area contributed by atoms with Crippen molar-refractivity contribution in [2.45, 2.75) is 25.3 Å². The Kier molecular flexibility index (Phi) is 3.34. The molecule has 2 N–H and O–H groups in total. The molecule has 5 heteroatoms. The summed E-state index contributed by atoms with van der Waals surface area (Å²) in [5.41, 5.74) is 2.20. The number of hydrogen-bond donors (Lipinski definition) is 2. The third kappa shape index (κ3) is 2.24. The van der Waals surface area contributed by atoms with Crippen molar-refractivity contribution in [2.24, 2.45) is 5.92 Å². The molecule has 20 heavy (non-hydrogen) atoms. The first-order valence-corrected chi connectivity index (χ1v) is 7.02. The minimum absolute atomic E-state index is 0.0306. The topological polar surface area (TPSA) is 69.6 Å². The van der Waals surface area contributed by atoms with Crippen LogP contribution in [0.15, 0.2) is 24.3 Å². The fourth-order valence-corrected chi connectivity index (χ4v) is 3.14. The average Bonchev–Trinajstić information content (AvgIpc) is 2.95. The number of carbonyl (C=O) groups is 2. The number of rotatable bonds is 2. The number of nitrogens with zero attached hydrogens (tertiary/aromatic N) is 1. The number of nitrogens with one attached hydrogen (secondary N) is 1. The summed E-state index contributed by atoms with van der Waals surface area (Å²) in [5.74, 6) is -1.08. The molecule has 1 aromatic carbocycles. The van der Waals surface area contributed by atoms with Crippen LogP contribution >= 0.6 is 0 Å². The maximum Gasteiger partial charge on any atom is 0.326 e. The van der Waals surface area contributed by atoms with Gasteiger partial charge < -0.3 is 15.3 Å². The molecule has 1 fully saturated rings. The Morgan fingerprint density at radius 3 is 2.90 bits per heavy atom. The summed E-state index contributed by atoms with van der Waals surface area (Å²) in [5, 5.41) is 12.4. The van der Waals surface area contributed by atoms with E-state index in [-0.39, 0.29) is 11.8 Å². The second kappa shape index (κ2) is 5.15. The van der Waals surface area contributed by atoms with Crippen LogP contribution in [0.25, 0.3) is 0 Å². The van der Waals surface area contributed by atoms with Crippen molar-refractivity contribution in [3.05, 3.63) is 29.8 Å². The van der Waals surface area contributed by atoms with Gasteiger partial charge in [0.15, 0.2) is 0 Å². The van der Waals surface area contributed by atoms with Gasteiger partial charge in [-0.25, -0.2) is 4.79 Å². The number of fused-ring (bicyclic) bond motifs is 1. The van der Waals surface area contributed by atoms with Crippen LogP contribution in [-0.2, 0) is 16.0 Å². The van der Waals surface area contributed by atoms with Gasteiger partial charge in [0.1, 0.15) is 6.04 Å². The van der Waals surface area contributed by atoms with Crippen molar-refractivity contribution in [1.29, 1.82) is 0 Å². The van der Waals surface area contributed by atoms with Crippen LogP contribution in [-0.4, -0.2) is 41.0 Å². The summed E-state index contributed by atoms with van der Waals surface area (Å²) >= 11 is 0. The standard InChI is InChI=1S/C15H18N2O3/c18-14(17-7-3-6-13(17)15(19)20)11-8-10-4-1-2-5-12(10)16-9-11/h1-2,4-5,11,13,16H,3,6-9H2,(H,19,20)/t11?,13-/m0/s1. The molecular formula is C15H18N2O3. The number of carboxylic acid groups (broad SMARTS) is 1. The van der Waals surface area contributed by atoms with Gasteiger partial charge in [-0.15, -0.1) is 0 Å². The molecular weight excluding hydrogens is 256 g/mol. The maximum absolute atomic E-state index is 12.5. The zero-order valence-electron chi connectivity index (χ0n) is 11.2. The Bertz CT molecular complexity index is 544. The van der Waals surface area contributed by atoms with Crippen LogP contribution in [0.1, 0.15) is 18.4 Å². The average molecular weight is 274 g/mol. The highest BCUT2D eigenvalue weighted by Gasteiger charge is 2.37. The Labute approximate surface area is 117 Å². The molecule has 2 heterocycles. The number of anilines is 1. The van der Waals surface area contributed by atoms with Crippen LogP contribution < -0.4 is 5.32 Å². The minimum Gasteiger partial charge on any atom is -0.480 e. The predicted octanol–water partition coefficient (Wildman–Crippen LogP) is 1.35. The van der Waals surface area contributed by atoms with E-state index >= 15 is 0 Å². The van der Waals surface area contributed by atoms with Crippen molar-refractivity contribution in [3.8, 4) is 0 Å². The summed E-state index contributed by atoms with van der Waals surface area (Å²) in [7, 11) is 0. The number of benzene rings is 1. The van der Waals surface area contributed by atoms with Crippen LogP contribution in [0.2, 0.25) is 0 Å². The molecule has 0 aromatic heterocycles. The van der Waals surface area contributed by atoms with Gasteiger partial charge in [0.05, 0.1) is 5.92 Å². The maximum atomic E-state index is 12.5. The second-order valence-electron chi connectivity index (χ2n) is 5.47. The summed E-state index contributed by atoms with van der Waals surface area (Å²) < 4.78 is 0. The lowest BCUT2D eigenvalue weighted by Gasteiger charge is -2.30. The number of carbonyl (C=O) groups excluding carboxylic acids is 1. The van der Waals surface area contributed by atoms with E-state index in [0.29, 0.717) is 25.9 Å². The Hall–Kier alpha value is -2.04. The third-order valence-corrected chi connectivity index (χ3v) is 4.19. The number of amides is 1. The van der Waals surface area contributed by atoms with Crippen molar-refractivity contribution in [2.75, 3.05) is 18.4 Å². The molecule has 1 unspecified atom stereocenters. The summed E-state index contributed by atoms with van der Waals surface area (Å²) in [6.45, 7) is 1.15. The number of aliphatic carboxylic acids is 1. The minimum atomic E-state index is -0.889. The van der Waals surface area contributed by atoms with E-state index in [1.54, 1.807) is 4.90 Å².